The van der Waals surface area contributed by atoms with Crippen LogP contribution in [0.25, 0.3) is 11.0 Å². The fraction of sp³-hybridized carbons (Fsp3) is 0.240. The number of hydrogen-bond acceptors (Lipinski definition) is 5. The Hall–Kier alpha value is -3.83. The van der Waals surface area contributed by atoms with E-state index >= 15 is 0 Å². The Kier molecular flexibility index (Phi) is 6.55. The second-order valence-corrected chi connectivity index (χ2v) is 8.97. The molecule has 4 rings (SSSR count). The van der Waals surface area contributed by atoms with Crippen LogP contribution in [0.15, 0.2) is 59.5 Å². The number of fused-ring (bicyclic) bond motifs is 1. The van der Waals surface area contributed by atoms with Crippen molar-refractivity contribution >= 4 is 28.6 Å². The molecular weight excluding hydrogens is 515 g/mol. The fourth-order valence-electron chi connectivity index (χ4n) is 4.24. The highest BCUT2D eigenvalue weighted by Crippen LogP contribution is 2.50. The normalized spacial score (nSPS) is 14.4. The van der Waals surface area contributed by atoms with E-state index < -0.39 is 34.9 Å². The summed E-state index contributed by atoms with van der Waals surface area (Å²) in [6.07, 6.45) is -4.00. The highest BCUT2D eigenvalue weighted by molar-refractivity contribution is 6.31. The largest absolute Gasteiger partial charge is 0.478 e. The van der Waals surface area contributed by atoms with Crippen molar-refractivity contribution in [3.63, 3.8) is 0 Å². The molecule has 0 unspecified atom stereocenters. The molecule has 0 spiro atoms. The predicted molar refractivity (Wildman–Crippen MR) is 129 cm³/mol. The second kappa shape index (κ2) is 9.24. The van der Waals surface area contributed by atoms with Gasteiger partial charge in [-0.3, -0.25) is 9.13 Å². The Bertz CT molecular complexity index is 1560. The molecule has 2 atom stereocenters. The molecule has 12 heteroatoms. The number of halogens is 4. The molecule has 2 aromatic heterocycles. The van der Waals surface area contributed by atoms with Gasteiger partial charge in [0.25, 0.3) is 0 Å². The predicted octanol–water partition coefficient (Wildman–Crippen LogP) is 4.97. The number of rotatable bonds is 6. The van der Waals surface area contributed by atoms with Gasteiger partial charge in [0.05, 0.1) is 16.6 Å². The number of aryl methyl sites for hydroxylation is 2. The first kappa shape index (κ1) is 26.2. The molecule has 4 aromatic rings. The van der Waals surface area contributed by atoms with Crippen LogP contribution in [0, 0.1) is 0 Å². The average Bonchev–Trinajstić information content (AvgIpc) is 3.06. The van der Waals surface area contributed by atoms with E-state index in [2.05, 4.69) is 4.98 Å². The standard InChI is InChI=1S/C25H21ClF3N3O5/c1-13(17-7-6-16(11-18(17)26)37-21-9-4-14(12-30-21)22(33)34)24(36,25(27,28)29)15-5-8-19-20(10-15)32(3)23(35)31(19)2/h4-13,36H,1-3H3,(H,33,34)/t13-,24-/m1/s1. The van der Waals surface area contributed by atoms with Crippen molar-refractivity contribution in [2.45, 2.75) is 24.6 Å². The molecule has 0 radical (unpaired) electrons. The molecule has 2 heterocycles. The van der Waals surface area contributed by atoms with E-state index in [1.54, 1.807) is 0 Å². The zero-order chi connectivity index (χ0) is 27.3. The second-order valence-electron chi connectivity index (χ2n) is 8.57. The van der Waals surface area contributed by atoms with Gasteiger partial charge in [0, 0.05) is 37.3 Å². The van der Waals surface area contributed by atoms with Gasteiger partial charge in [-0.1, -0.05) is 30.7 Å². The van der Waals surface area contributed by atoms with Gasteiger partial charge in [0.15, 0.2) is 5.60 Å². The van der Waals surface area contributed by atoms with Crippen LogP contribution < -0.4 is 10.4 Å². The number of pyridine rings is 1. The van der Waals surface area contributed by atoms with E-state index in [0.717, 1.165) is 18.3 Å². The van der Waals surface area contributed by atoms with Gasteiger partial charge in [0.1, 0.15) is 5.75 Å². The molecule has 0 fully saturated rings. The number of carboxylic acids is 1. The molecule has 0 saturated carbocycles. The van der Waals surface area contributed by atoms with Crippen molar-refractivity contribution in [2.75, 3.05) is 0 Å². The first-order valence-corrected chi connectivity index (χ1v) is 11.2. The van der Waals surface area contributed by atoms with Crippen LogP contribution in [-0.2, 0) is 19.7 Å². The molecule has 0 saturated heterocycles. The van der Waals surface area contributed by atoms with Gasteiger partial charge in [0.2, 0.25) is 5.88 Å². The summed E-state index contributed by atoms with van der Waals surface area (Å²) < 4.78 is 51.4. The third kappa shape index (κ3) is 4.44. The molecule has 0 amide bonds. The lowest BCUT2D eigenvalue weighted by Gasteiger charge is -2.37. The van der Waals surface area contributed by atoms with Gasteiger partial charge in [-0.15, -0.1) is 0 Å². The van der Waals surface area contributed by atoms with Crippen LogP contribution in [0.5, 0.6) is 11.6 Å². The van der Waals surface area contributed by atoms with Crippen LogP contribution in [0.2, 0.25) is 5.02 Å². The molecule has 2 aromatic carbocycles. The Morgan fingerprint density at radius 3 is 2.30 bits per heavy atom. The SMILES string of the molecule is C[C@H](c1ccc(Oc2ccc(C(=O)O)cn2)cc1Cl)[C@@](O)(c1ccc2c(c1)n(C)c(=O)n2C)C(F)(F)F. The van der Waals surface area contributed by atoms with Gasteiger partial charge >= 0.3 is 17.8 Å². The molecule has 2 N–H and O–H groups in total. The number of hydrogen-bond donors (Lipinski definition) is 2. The summed E-state index contributed by atoms with van der Waals surface area (Å²) in [4.78, 5) is 27.1. The number of benzene rings is 2. The third-order valence-corrected chi connectivity index (χ3v) is 6.74. The van der Waals surface area contributed by atoms with Gasteiger partial charge in [-0.25, -0.2) is 14.6 Å². The zero-order valence-corrected chi connectivity index (χ0v) is 20.5. The maximum Gasteiger partial charge on any atom is 0.422 e. The zero-order valence-electron chi connectivity index (χ0n) is 19.7. The number of aromatic nitrogens is 3. The number of carbonyl (C=O) groups is 1. The number of carboxylic acid groups (broad SMARTS) is 1. The summed E-state index contributed by atoms with van der Waals surface area (Å²) in [6, 6.07) is 10.2. The van der Waals surface area contributed by atoms with Crippen LogP contribution in [0.1, 0.15) is 34.3 Å². The fourth-order valence-corrected chi connectivity index (χ4v) is 4.57. The average molecular weight is 536 g/mol. The summed E-state index contributed by atoms with van der Waals surface area (Å²) in [5, 5.41) is 20.1. The highest BCUT2D eigenvalue weighted by atomic mass is 35.5. The van der Waals surface area contributed by atoms with E-state index in [0.29, 0.717) is 5.52 Å². The van der Waals surface area contributed by atoms with E-state index in [1.165, 1.54) is 66.6 Å². The topological polar surface area (TPSA) is 107 Å². The molecule has 0 bridgehead atoms. The van der Waals surface area contributed by atoms with Crippen molar-refractivity contribution in [1.29, 1.82) is 0 Å². The van der Waals surface area contributed by atoms with Crippen molar-refractivity contribution < 1.29 is 32.9 Å². The Morgan fingerprint density at radius 1 is 1.05 bits per heavy atom. The quantitative estimate of drug-likeness (QED) is 0.361. The maximum atomic E-state index is 14.5. The Labute approximate surface area is 213 Å². The number of imidazole rings is 1. The lowest BCUT2D eigenvalue weighted by atomic mass is 9.77. The molecule has 0 aliphatic carbocycles. The minimum absolute atomic E-state index is 0.00470. The van der Waals surface area contributed by atoms with E-state index in [4.69, 9.17) is 21.4 Å². The van der Waals surface area contributed by atoms with Crippen molar-refractivity contribution in [1.82, 2.24) is 14.1 Å². The number of aliphatic hydroxyl groups is 1. The maximum absolute atomic E-state index is 14.5. The van der Waals surface area contributed by atoms with E-state index in [1.807, 2.05) is 0 Å². The summed E-state index contributed by atoms with van der Waals surface area (Å²) in [5.41, 5.74) is -3.59. The monoisotopic (exact) mass is 535 g/mol. The van der Waals surface area contributed by atoms with Crippen LogP contribution in [0.4, 0.5) is 13.2 Å². The van der Waals surface area contributed by atoms with E-state index in [-0.39, 0.29) is 33.3 Å². The van der Waals surface area contributed by atoms with Crippen molar-refractivity contribution in [3.05, 3.63) is 86.9 Å². The molecule has 194 valence electrons. The smallest absolute Gasteiger partial charge is 0.422 e. The summed E-state index contributed by atoms with van der Waals surface area (Å²) >= 11 is 6.34. The van der Waals surface area contributed by atoms with Gasteiger partial charge in [-0.2, -0.15) is 13.2 Å². The molecule has 0 aliphatic rings. The van der Waals surface area contributed by atoms with Crippen molar-refractivity contribution in [3.8, 4) is 11.6 Å². The minimum Gasteiger partial charge on any atom is -0.478 e. The van der Waals surface area contributed by atoms with Crippen LogP contribution in [0.3, 0.4) is 0 Å². The third-order valence-electron chi connectivity index (χ3n) is 6.42. The summed E-state index contributed by atoms with van der Waals surface area (Å²) in [5.74, 6) is -2.52. The molecular formula is C25H21ClF3N3O5. The number of ether oxygens (including phenoxy) is 1. The Morgan fingerprint density at radius 2 is 1.73 bits per heavy atom. The Balaban J connectivity index is 1.72. The lowest BCUT2D eigenvalue weighted by molar-refractivity contribution is -0.274. The van der Waals surface area contributed by atoms with Crippen LogP contribution in [-0.4, -0.2) is 36.5 Å². The van der Waals surface area contributed by atoms with Crippen LogP contribution >= 0.6 is 11.6 Å². The molecule has 0 aliphatic heterocycles. The number of alkyl halides is 3. The summed E-state index contributed by atoms with van der Waals surface area (Å²) in [7, 11) is 2.94. The van der Waals surface area contributed by atoms with E-state index in [9.17, 15) is 27.9 Å². The van der Waals surface area contributed by atoms with Crippen molar-refractivity contribution in [2.24, 2.45) is 14.1 Å². The number of aromatic carboxylic acids is 1. The van der Waals surface area contributed by atoms with Gasteiger partial charge < -0.3 is 14.9 Å². The first-order valence-electron chi connectivity index (χ1n) is 10.9. The lowest BCUT2D eigenvalue weighted by Crippen LogP contribution is -2.46. The molecule has 37 heavy (non-hydrogen) atoms. The summed E-state index contributed by atoms with van der Waals surface area (Å²) in [6.45, 7) is 1.20. The minimum atomic E-state index is -5.10. The number of nitrogens with zero attached hydrogens (tertiary/aromatic N) is 3. The highest BCUT2D eigenvalue weighted by Gasteiger charge is 2.59. The van der Waals surface area contributed by atoms with Gasteiger partial charge in [-0.05, 0) is 41.5 Å². The first-order chi connectivity index (χ1) is 17.3. The molecule has 8 nitrogen and oxygen atoms in total.